The molecule has 8 rings (SSSR count). The van der Waals surface area contributed by atoms with Crippen LogP contribution in [0.1, 0.15) is 55.8 Å². The number of rotatable bonds is 12. The number of aliphatic hydroxyl groups is 2. The lowest BCUT2D eigenvalue weighted by molar-refractivity contribution is 0.0686. The minimum atomic E-state index is -1.42. The van der Waals surface area contributed by atoms with Gasteiger partial charge in [-0.3, -0.25) is 4.21 Å². The first-order valence-corrected chi connectivity index (χ1v) is 20.0. The molecule has 0 bridgehead atoms. The zero-order chi connectivity index (χ0) is 39.2. The molecule has 4 aromatic rings. The zero-order valence-corrected chi connectivity index (χ0v) is 33.5. The van der Waals surface area contributed by atoms with Gasteiger partial charge in [0.1, 0.15) is 22.8 Å². The van der Waals surface area contributed by atoms with Gasteiger partial charge < -0.3 is 41.3 Å². The van der Waals surface area contributed by atoms with Crippen molar-refractivity contribution in [1.82, 2.24) is 25.3 Å². The van der Waals surface area contributed by atoms with Crippen LogP contribution in [-0.4, -0.2) is 88.9 Å². The molecule has 0 spiro atoms. The lowest BCUT2D eigenvalue weighted by Crippen LogP contribution is -2.25. The van der Waals surface area contributed by atoms with Crippen LogP contribution >= 0.6 is 35.6 Å². The first kappa shape index (κ1) is 43.0. The van der Waals surface area contributed by atoms with Crippen LogP contribution in [0, 0.1) is 23.7 Å². The van der Waals surface area contributed by atoms with Crippen molar-refractivity contribution in [3.05, 3.63) is 92.2 Å². The van der Waals surface area contributed by atoms with E-state index in [1.54, 1.807) is 30.3 Å². The molecule has 19 heteroatoms. The number of nitrogens with zero attached hydrogens (tertiary/aromatic N) is 5. The molecular formula is C37H43Cl3N8O7S. The van der Waals surface area contributed by atoms with Crippen LogP contribution in [0.15, 0.2) is 53.9 Å². The number of anilines is 3. The molecule has 2 saturated heterocycles. The summed E-state index contributed by atoms with van der Waals surface area (Å²) in [7, 11) is -1.42. The quantitative estimate of drug-likeness (QED) is 0.0960. The second kappa shape index (κ2) is 19.3. The van der Waals surface area contributed by atoms with Gasteiger partial charge >= 0.3 is 11.9 Å². The first-order chi connectivity index (χ1) is 26.4. The highest BCUT2D eigenvalue weighted by atomic mass is 35.5. The second-order valence-corrected chi connectivity index (χ2v) is 15.9. The number of aliphatic hydroxyl groups excluding tert-OH is 2. The molecule has 0 radical (unpaired) electrons. The Morgan fingerprint density at radius 1 is 0.804 bits per heavy atom. The fraction of sp³-hybridized carbons (Fsp3) is 0.405. The molecule has 15 nitrogen and oxygen atoms in total. The average molecular weight is 850 g/mol. The van der Waals surface area contributed by atoms with Crippen LogP contribution in [0.25, 0.3) is 0 Å². The van der Waals surface area contributed by atoms with Gasteiger partial charge in [-0.05, 0) is 84.0 Å². The third-order valence-corrected chi connectivity index (χ3v) is 11.3. The third kappa shape index (κ3) is 11.0. The molecule has 5 unspecified atom stereocenters. The van der Waals surface area contributed by atoms with E-state index in [2.05, 4.69) is 40.8 Å². The van der Waals surface area contributed by atoms with Gasteiger partial charge in [-0.15, -0.1) is 12.4 Å². The topological polar surface area (TPSA) is 223 Å². The summed E-state index contributed by atoms with van der Waals surface area (Å²) in [6.07, 6.45) is 6.69. The Bertz CT molecular complexity index is 2060. The van der Waals surface area contributed by atoms with E-state index in [9.17, 15) is 24.0 Å². The number of piperidine rings is 2. The summed E-state index contributed by atoms with van der Waals surface area (Å²) in [5.41, 5.74) is 2.83. The number of carbonyl (C=O) groups is 2. The molecule has 2 saturated carbocycles. The number of fused-ring (bicyclic) bond motifs is 2. The van der Waals surface area contributed by atoms with Crippen molar-refractivity contribution in [2.75, 3.05) is 48.0 Å². The van der Waals surface area contributed by atoms with Crippen molar-refractivity contribution < 1.29 is 34.2 Å². The van der Waals surface area contributed by atoms with Crippen LogP contribution in [0.3, 0.4) is 0 Å². The standard InChI is InChI=1S/C18H19ClN4O3.C14H14ClN3O4S.C5H9N.ClH/c19-15-3-10(1-2-11(15)9-24)5-20-16-14(17(25)26)6-21-18(22-16)23-7-12-4-13(12)8-23;1-23(22)14-17-6-10(13(20)21)12(18-14)16-5-8-2-3-9(7-19)11(15)4-8;1-4-2-6-3-5(1)4;/h1-3,6,12-13,24H,4-5,7-9H2,(H,25,26)(H,20,21,22);2-4,6,19H,5,7H2,1H3,(H,20,21)(H,16,17,18);4-6H,1-3H2;1H. The third-order valence-electron chi connectivity index (χ3n) is 9.90. The van der Waals surface area contributed by atoms with Crippen LogP contribution in [0.2, 0.25) is 10.0 Å². The van der Waals surface area contributed by atoms with E-state index in [0.717, 1.165) is 54.1 Å². The van der Waals surface area contributed by atoms with Gasteiger partial charge in [-0.25, -0.2) is 24.5 Å². The predicted octanol–water partition coefficient (Wildman–Crippen LogP) is 4.71. The maximum absolute atomic E-state index is 11.5. The minimum absolute atomic E-state index is 0. The SMILES string of the molecule is C1NCC2CC12.CS(=O)c1ncc(C(=O)O)c(NCc2ccc(CO)c(Cl)c2)n1.Cl.O=C(O)c1cnc(N2CC3CC3C2)nc1NCc1ccc(CO)c(Cl)c1. The van der Waals surface area contributed by atoms with Gasteiger partial charge in [0, 0.05) is 54.9 Å². The number of carboxylic acid groups (broad SMARTS) is 2. The molecule has 7 N–H and O–H groups in total. The Morgan fingerprint density at radius 3 is 1.70 bits per heavy atom. The highest BCUT2D eigenvalue weighted by Gasteiger charge is 2.46. The van der Waals surface area contributed by atoms with Crippen LogP contribution < -0.4 is 20.9 Å². The predicted molar refractivity (Wildman–Crippen MR) is 215 cm³/mol. The molecule has 4 heterocycles. The van der Waals surface area contributed by atoms with E-state index >= 15 is 0 Å². The largest absolute Gasteiger partial charge is 0.477 e. The summed E-state index contributed by atoms with van der Waals surface area (Å²) in [4.78, 5) is 41.2. The van der Waals surface area contributed by atoms with Gasteiger partial charge in [0.05, 0.1) is 24.0 Å². The number of hydrogen-bond acceptors (Lipinski definition) is 13. The maximum atomic E-state index is 11.5. The summed E-state index contributed by atoms with van der Waals surface area (Å²) in [5, 5.41) is 47.1. The van der Waals surface area contributed by atoms with Crippen molar-refractivity contribution in [3.8, 4) is 0 Å². The van der Waals surface area contributed by atoms with E-state index in [-0.39, 0.29) is 54.3 Å². The number of aromatic nitrogens is 4. The van der Waals surface area contributed by atoms with Gasteiger partial charge in [0.2, 0.25) is 11.1 Å². The molecular weight excluding hydrogens is 807 g/mol. The normalized spacial score (nSPS) is 20.1. The average Bonchev–Trinajstić information content (AvgIpc) is 4.01. The lowest BCUT2D eigenvalue weighted by atomic mass is 10.1. The van der Waals surface area contributed by atoms with E-state index in [4.69, 9.17) is 33.4 Å². The number of nitrogens with one attached hydrogen (secondary N) is 3. The highest BCUT2D eigenvalue weighted by Crippen LogP contribution is 2.45. The molecule has 2 aromatic carbocycles. The summed E-state index contributed by atoms with van der Waals surface area (Å²) >= 11 is 12.1. The molecule has 2 aliphatic heterocycles. The zero-order valence-electron chi connectivity index (χ0n) is 30.3. The second-order valence-electron chi connectivity index (χ2n) is 13.9. The Labute approximate surface area is 342 Å². The molecule has 300 valence electrons. The maximum Gasteiger partial charge on any atom is 0.341 e. The van der Waals surface area contributed by atoms with E-state index < -0.39 is 22.7 Å². The van der Waals surface area contributed by atoms with Crippen molar-refractivity contribution >= 4 is 75.9 Å². The molecule has 4 fully saturated rings. The number of carboxylic acids is 2. The van der Waals surface area contributed by atoms with E-state index in [1.165, 1.54) is 38.4 Å². The van der Waals surface area contributed by atoms with Gasteiger partial charge in [-0.2, -0.15) is 4.98 Å². The summed E-state index contributed by atoms with van der Waals surface area (Å²) in [5.74, 6) is 2.37. The van der Waals surface area contributed by atoms with Crippen molar-refractivity contribution in [3.63, 3.8) is 0 Å². The fourth-order valence-electron chi connectivity index (χ4n) is 6.47. The fourth-order valence-corrected chi connectivity index (χ4v) is 7.41. The summed E-state index contributed by atoms with van der Waals surface area (Å²) in [6, 6.07) is 10.4. The van der Waals surface area contributed by atoms with Gasteiger partial charge in [0.25, 0.3) is 0 Å². The van der Waals surface area contributed by atoms with Crippen LogP contribution in [0.5, 0.6) is 0 Å². The summed E-state index contributed by atoms with van der Waals surface area (Å²) < 4.78 is 11.4. The van der Waals surface area contributed by atoms with Crippen LogP contribution in [-0.2, 0) is 37.1 Å². The Hall–Kier alpha value is -4.16. The number of halogens is 3. The molecule has 2 aromatic heterocycles. The summed E-state index contributed by atoms with van der Waals surface area (Å²) in [6.45, 7) is 4.85. The van der Waals surface area contributed by atoms with Crippen molar-refractivity contribution in [2.24, 2.45) is 23.7 Å². The van der Waals surface area contributed by atoms with Crippen molar-refractivity contribution in [1.29, 1.82) is 0 Å². The highest BCUT2D eigenvalue weighted by molar-refractivity contribution is 7.84. The molecule has 2 aliphatic carbocycles. The number of hydrogen-bond donors (Lipinski definition) is 7. The minimum Gasteiger partial charge on any atom is -0.477 e. The Balaban J connectivity index is 0.000000183. The molecule has 4 aliphatic rings. The smallest absolute Gasteiger partial charge is 0.341 e. The Kier molecular flexibility index (Phi) is 14.8. The number of aromatic carboxylic acids is 2. The Morgan fingerprint density at radius 2 is 1.29 bits per heavy atom. The molecule has 0 amide bonds. The van der Waals surface area contributed by atoms with E-state index in [1.807, 2.05) is 6.07 Å². The molecule has 56 heavy (non-hydrogen) atoms. The first-order valence-electron chi connectivity index (χ1n) is 17.7. The van der Waals surface area contributed by atoms with Crippen LogP contribution in [0.4, 0.5) is 17.6 Å². The monoisotopic (exact) mass is 848 g/mol. The van der Waals surface area contributed by atoms with Crippen molar-refractivity contribution in [2.45, 2.75) is 44.3 Å². The van der Waals surface area contributed by atoms with Gasteiger partial charge in [-0.1, -0.05) is 47.5 Å². The molecule has 5 atom stereocenters. The van der Waals surface area contributed by atoms with E-state index in [0.29, 0.717) is 39.5 Å². The lowest BCUT2D eigenvalue weighted by Gasteiger charge is -2.19. The van der Waals surface area contributed by atoms with Gasteiger partial charge in [0.15, 0.2) is 0 Å². The number of benzene rings is 2.